The maximum absolute atomic E-state index is 11.5. The fourth-order valence-electron chi connectivity index (χ4n) is 2.14. The Hall–Kier alpha value is -1.35. The number of guanidine groups is 1. The van der Waals surface area contributed by atoms with E-state index >= 15 is 0 Å². The van der Waals surface area contributed by atoms with Crippen molar-refractivity contribution >= 4 is 35.9 Å². The van der Waals surface area contributed by atoms with Gasteiger partial charge in [-0.3, -0.25) is 9.79 Å². The lowest BCUT2D eigenvalue weighted by atomic mass is 10.0. The third-order valence-corrected chi connectivity index (χ3v) is 3.29. The Bertz CT molecular complexity index is 510. The van der Waals surface area contributed by atoms with Crippen LogP contribution in [0, 0.1) is 0 Å². The Morgan fingerprint density at radius 3 is 2.48 bits per heavy atom. The number of aliphatic imine (C=N–C) groups is 1. The van der Waals surface area contributed by atoms with Crippen LogP contribution in [0.3, 0.4) is 0 Å². The molecule has 6 nitrogen and oxygen atoms in total. The van der Waals surface area contributed by atoms with Crippen molar-refractivity contribution in [1.29, 1.82) is 0 Å². The number of rotatable bonds is 9. The van der Waals surface area contributed by atoms with Crippen LogP contribution in [0.15, 0.2) is 35.3 Å². The van der Waals surface area contributed by atoms with Crippen molar-refractivity contribution in [2.45, 2.75) is 39.2 Å². The molecule has 0 aliphatic carbocycles. The van der Waals surface area contributed by atoms with Gasteiger partial charge in [0, 0.05) is 19.0 Å². The summed E-state index contributed by atoms with van der Waals surface area (Å²) in [4.78, 5) is 16.0. The van der Waals surface area contributed by atoms with Crippen molar-refractivity contribution in [3.05, 3.63) is 35.9 Å². The van der Waals surface area contributed by atoms with E-state index < -0.39 is 0 Å². The number of esters is 1. The summed E-state index contributed by atoms with van der Waals surface area (Å²) in [5.41, 5.74) is 1.06. The summed E-state index contributed by atoms with van der Waals surface area (Å²) >= 11 is 0. The van der Waals surface area contributed by atoms with E-state index in [4.69, 9.17) is 4.74 Å². The lowest BCUT2D eigenvalue weighted by molar-refractivity contribution is -0.147. The summed E-state index contributed by atoms with van der Waals surface area (Å²) in [6, 6.07) is 9.82. The summed E-state index contributed by atoms with van der Waals surface area (Å²) < 4.78 is 5.09. The van der Waals surface area contributed by atoms with E-state index in [1.165, 1.54) is 0 Å². The Morgan fingerprint density at radius 2 is 1.92 bits per heavy atom. The maximum Gasteiger partial charge on any atom is 0.307 e. The highest BCUT2D eigenvalue weighted by Gasteiger charge is 2.10. The van der Waals surface area contributed by atoms with Crippen molar-refractivity contribution in [1.82, 2.24) is 10.6 Å². The van der Waals surface area contributed by atoms with Gasteiger partial charge in [-0.2, -0.15) is 0 Å². The molecule has 0 spiro atoms. The molecule has 1 aromatic carbocycles. The number of hydrogen-bond acceptors (Lipinski definition) is 4. The first-order valence-corrected chi connectivity index (χ1v) is 8.44. The molecule has 1 atom stereocenters. The average Bonchev–Trinajstić information content (AvgIpc) is 2.55. The van der Waals surface area contributed by atoms with Gasteiger partial charge in [0.25, 0.3) is 0 Å². The van der Waals surface area contributed by atoms with Gasteiger partial charge in [-0.15, -0.1) is 24.0 Å². The van der Waals surface area contributed by atoms with E-state index in [2.05, 4.69) is 15.6 Å². The second-order valence-corrected chi connectivity index (χ2v) is 5.73. The van der Waals surface area contributed by atoms with Crippen molar-refractivity contribution in [3.63, 3.8) is 0 Å². The second-order valence-electron chi connectivity index (χ2n) is 5.73. The van der Waals surface area contributed by atoms with Gasteiger partial charge in [0.15, 0.2) is 5.96 Å². The second kappa shape index (κ2) is 13.9. The zero-order valence-electron chi connectivity index (χ0n) is 15.2. The fourth-order valence-corrected chi connectivity index (χ4v) is 2.14. The number of nitrogens with one attached hydrogen (secondary N) is 2. The zero-order valence-corrected chi connectivity index (χ0v) is 17.5. The summed E-state index contributed by atoms with van der Waals surface area (Å²) in [6.07, 6.45) is 0.181. The molecule has 0 saturated carbocycles. The minimum Gasteiger partial charge on any atom is -0.463 e. The van der Waals surface area contributed by atoms with E-state index in [9.17, 15) is 9.90 Å². The standard InChI is InChI=1S/C18H29N3O3.HI/c1-4-19-18(20-11-10-17(23)24-14(2)3)21-12-16(13-22)15-8-6-5-7-9-15;/h5-9,14,16,22H,4,10-13H2,1-3H3,(H2,19,20,21);1H. The Balaban J connectivity index is 0.00000576. The van der Waals surface area contributed by atoms with Gasteiger partial charge in [-0.05, 0) is 26.3 Å². The van der Waals surface area contributed by atoms with Gasteiger partial charge >= 0.3 is 5.97 Å². The molecule has 1 aromatic rings. The monoisotopic (exact) mass is 463 g/mol. The number of nitrogens with zero attached hydrogens (tertiary/aromatic N) is 1. The summed E-state index contributed by atoms with van der Waals surface area (Å²) in [5.74, 6) is 0.350. The highest BCUT2D eigenvalue weighted by Crippen LogP contribution is 2.14. The van der Waals surface area contributed by atoms with Crippen molar-refractivity contribution < 1.29 is 14.6 Å². The Morgan fingerprint density at radius 1 is 1.24 bits per heavy atom. The molecule has 0 aliphatic rings. The predicted molar refractivity (Wildman–Crippen MR) is 112 cm³/mol. The molecule has 1 rings (SSSR count). The SMILES string of the molecule is CCNC(=NCC(CO)c1ccccc1)NCCC(=O)OC(C)C.I. The van der Waals surface area contributed by atoms with Crippen LogP contribution in [0.2, 0.25) is 0 Å². The number of benzene rings is 1. The lowest BCUT2D eigenvalue weighted by Gasteiger charge is -2.15. The summed E-state index contributed by atoms with van der Waals surface area (Å²) in [5, 5.41) is 15.8. The van der Waals surface area contributed by atoms with Crippen molar-refractivity contribution in [3.8, 4) is 0 Å². The van der Waals surface area contributed by atoms with Crippen LogP contribution < -0.4 is 10.6 Å². The zero-order chi connectivity index (χ0) is 17.8. The van der Waals surface area contributed by atoms with Crippen molar-refractivity contribution in [2.24, 2.45) is 4.99 Å². The number of carbonyl (C=O) groups is 1. The van der Waals surface area contributed by atoms with Crippen LogP contribution in [0.25, 0.3) is 0 Å². The Labute approximate surface area is 167 Å². The maximum atomic E-state index is 11.5. The highest BCUT2D eigenvalue weighted by molar-refractivity contribution is 14.0. The van der Waals surface area contributed by atoms with E-state index in [1.807, 2.05) is 51.1 Å². The molecule has 0 radical (unpaired) electrons. The molecule has 0 heterocycles. The van der Waals surface area contributed by atoms with Crippen LogP contribution >= 0.6 is 24.0 Å². The van der Waals surface area contributed by atoms with Gasteiger partial charge in [-0.25, -0.2) is 0 Å². The molecule has 0 aromatic heterocycles. The first-order valence-electron chi connectivity index (χ1n) is 8.44. The molecule has 7 heteroatoms. The molecule has 0 saturated heterocycles. The molecule has 142 valence electrons. The van der Waals surface area contributed by atoms with Crippen LogP contribution in [0.5, 0.6) is 0 Å². The number of ether oxygens (including phenoxy) is 1. The lowest BCUT2D eigenvalue weighted by Crippen LogP contribution is -2.39. The van der Waals surface area contributed by atoms with E-state index in [-0.39, 0.29) is 55.0 Å². The number of hydrogen-bond donors (Lipinski definition) is 3. The number of halogens is 1. The highest BCUT2D eigenvalue weighted by atomic mass is 127. The van der Waals surface area contributed by atoms with Gasteiger partial charge in [0.2, 0.25) is 0 Å². The minimum absolute atomic E-state index is 0. The minimum atomic E-state index is -0.231. The number of aliphatic hydroxyl groups excluding tert-OH is 1. The van der Waals surface area contributed by atoms with Crippen LogP contribution in [-0.2, 0) is 9.53 Å². The molecular weight excluding hydrogens is 433 g/mol. The first-order chi connectivity index (χ1) is 11.6. The van der Waals surface area contributed by atoms with Crippen LogP contribution in [-0.4, -0.2) is 49.4 Å². The third-order valence-electron chi connectivity index (χ3n) is 3.29. The topological polar surface area (TPSA) is 83.0 Å². The molecule has 0 bridgehead atoms. The van der Waals surface area contributed by atoms with Gasteiger partial charge < -0.3 is 20.5 Å². The van der Waals surface area contributed by atoms with E-state index in [0.717, 1.165) is 12.1 Å². The molecular formula is C18H30IN3O3. The molecule has 25 heavy (non-hydrogen) atoms. The van der Waals surface area contributed by atoms with Crippen molar-refractivity contribution in [2.75, 3.05) is 26.2 Å². The molecule has 0 amide bonds. The fraction of sp³-hybridized carbons (Fsp3) is 0.556. The van der Waals surface area contributed by atoms with E-state index in [0.29, 0.717) is 19.0 Å². The number of carbonyl (C=O) groups excluding carboxylic acids is 1. The first kappa shape index (κ1) is 23.6. The molecule has 0 aliphatic heterocycles. The largest absolute Gasteiger partial charge is 0.463 e. The third kappa shape index (κ3) is 10.3. The van der Waals surface area contributed by atoms with Crippen LogP contribution in [0.4, 0.5) is 0 Å². The van der Waals surface area contributed by atoms with Gasteiger partial charge in [0.1, 0.15) is 0 Å². The molecule has 0 fully saturated rings. The quantitative estimate of drug-likeness (QED) is 0.227. The normalized spacial score (nSPS) is 12.3. The predicted octanol–water partition coefficient (Wildman–Crippen LogP) is 2.28. The molecule has 3 N–H and O–H groups in total. The smallest absolute Gasteiger partial charge is 0.307 e. The summed E-state index contributed by atoms with van der Waals surface area (Å²) in [6.45, 7) is 7.31. The molecule has 1 unspecified atom stereocenters. The van der Waals surface area contributed by atoms with Gasteiger partial charge in [-0.1, -0.05) is 30.3 Å². The Kier molecular flexibility index (Phi) is 13.1. The average molecular weight is 463 g/mol. The van der Waals surface area contributed by atoms with Crippen LogP contribution in [0.1, 0.15) is 38.7 Å². The van der Waals surface area contributed by atoms with E-state index in [1.54, 1.807) is 0 Å². The van der Waals surface area contributed by atoms with Gasteiger partial charge in [0.05, 0.1) is 25.7 Å². The number of aliphatic hydroxyl groups is 1. The summed E-state index contributed by atoms with van der Waals surface area (Å²) in [7, 11) is 0.